The summed E-state index contributed by atoms with van der Waals surface area (Å²) in [5.41, 5.74) is 0.0812. The number of anilines is 1. The number of amides is 7. The van der Waals surface area contributed by atoms with Gasteiger partial charge in [-0.15, -0.1) is 0 Å². The van der Waals surface area contributed by atoms with Crippen molar-refractivity contribution in [2.24, 2.45) is 5.92 Å². The third-order valence-electron chi connectivity index (χ3n) is 12.2. The van der Waals surface area contributed by atoms with Crippen molar-refractivity contribution >= 4 is 47.0 Å². The molecule has 5 aliphatic rings. The van der Waals surface area contributed by atoms with Crippen LogP contribution in [0.4, 0.5) is 5.69 Å². The lowest BCUT2D eigenvalue weighted by molar-refractivity contribution is -0.150. The van der Waals surface area contributed by atoms with Gasteiger partial charge in [-0.25, -0.2) is 0 Å². The monoisotopic (exact) mass is 814 g/mol. The second kappa shape index (κ2) is 17.0. The molecule has 2 aromatic carbocycles. The zero-order valence-electron chi connectivity index (χ0n) is 33.6. The molecule has 7 N–H and O–H groups in total. The predicted octanol–water partition coefficient (Wildman–Crippen LogP) is -0.537. The van der Waals surface area contributed by atoms with E-state index < -0.39 is 102 Å². The van der Waals surface area contributed by atoms with Crippen LogP contribution in [0.5, 0.6) is 0 Å². The van der Waals surface area contributed by atoms with Crippen LogP contribution in [0.1, 0.15) is 70.4 Å². The van der Waals surface area contributed by atoms with Gasteiger partial charge in [0.25, 0.3) is 0 Å². The zero-order chi connectivity index (χ0) is 42.2. The summed E-state index contributed by atoms with van der Waals surface area (Å²) in [5.74, 6) is -4.76. The lowest BCUT2D eigenvalue weighted by Gasteiger charge is -2.36. The number of carbonyl (C=O) groups is 7. The van der Waals surface area contributed by atoms with Crippen molar-refractivity contribution in [1.82, 2.24) is 36.0 Å². The summed E-state index contributed by atoms with van der Waals surface area (Å²) in [4.78, 5) is 103. The van der Waals surface area contributed by atoms with Gasteiger partial charge in [0.2, 0.25) is 41.4 Å². The lowest BCUT2D eigenvalue weighted by Crippen LogP contribution is -2.62. The maximum absolute atomic E-state index is 15.0. The summed E-state index contributed by atoms with van der Waals surface area (Å²) in [7, 11) is 0. The molecule has 59 heavy (non-hydrogen) atoms. The summed E-state index contributed by atoms with van der Waals surface area (Å²) >= 11 is 0. The van der Waals surface area contributed by atoms with Crippen molar-refractivity contribution in [3.05, 3.63) is 65.7 Å². The standard InChI is InChI=1S/C42H54N8O9/c1-23(2)19-29-39(57)50-32(21-42(59)26-13-7-8-14-27(26)46-41(42)50)40(58)49-18-10-16-31(49)36(54)44-28(20-25-11-5-4-6-12-25)35(53)43-22-33(52)48-17-9-15-30(48)37(55)47-34(24(3)51)38(56)45-29/h4-8,11-14,23-24,28-32,34,41,46,51,59H,9-10,15-22H2,1-3H3,(H,43,53)(H,44,54)(H,45,56)(H,47,55)/t24-,28+,29+,30+,31+,32+,34+,41+,42-/m1/s1. The fourth-order valence-corrected chi connectivity index (χ4v) is 9.32. The zero-order valence-corrected chi connectivity index (χ0v) is 33.6. The molecular formula is C42H54N8O9. The predicted molar refractivity (Wildman–Crippen MR) is 213 cm³/mol. The van der Waals surface area contributed by atoms with Crippen molar-refractivity contribution in [2.45, 2.75) is 120 Å². The largest absolute Gasteiger partial charge is 0.391 e. The van der Waals surface area contributed by atoms with E-state index in [1.807, 2.05) is 19.9 Å². The molecule has 0 aliphatic carbocycles. The molecule has 0 saturated carbocycles. The summed E-state index contributed by atoms with van der Waals surface area (Å²) in [6.07, 6.45) is -1.11. The number of para-hydroxylation sites is 1. The van der Waals surface area contributed by atoms with Crippen molar-refractivity contribution in [2.75, 3.05) is 25.0 Å². The summed E-state index contributed by atoms with van der Waals surface area (Å²) < 4.78 is 0. The molecular weight excluding hydrogens is 761 g/mol. The van der Waals surface area contributed by atoms with E-state index in [0.29, 0.717) is 24.1 Å². The average molecular weight is 815 g/mol. The molecule has 17 heteroatoms. The lowest BCUT2D eigenvalue weighted by atomic mass is 9.91. The summed E-state index contributed by atoms with van der Waals surface area (Å²) in [6.45, 7) is 4.93. The number of aliphatic hydroxyl groups excluding tert-OH is 1. The molecule has 0 radical (unpaired) electrons. The molecule has 0 unspecified atom stereocenters. The van der Waals surface area contributed by atoms with E-state index in [1.54, 1.807) is 48.5 Å². The molecule has 316 valence electrons. The molecule has 0 spiro atoms. The normalized spacial score (nSPS) is 31.2. The number of nitrogens with zero attached hydrogens (tertiary/aromatic N) is 3. The molecule has 0 bridgehead atoms. The van der Waals surface area contributed by atoms with Crippen LogP contribution < -0.4 is 26.6 Å². The van der Waals surface area contributed by atoms with Crippen LogP contribution in [0.3, 0.4) is 0 Å². The Morgan fingerprint density at radius 3 is 2.03 bits per heavy atom. The van der Waals surface area contributed by atoms with Gasteiger partial charge in [0.05, 0.1) is 12.6 Å². The minimum Gasteiger partial charge on any atom is -0.391 e. The van der Waals surface area contributed by atoms with E-state index in [-0.39, 0.29) is 51.1 Å². The second-order valence-corrected chi connectivity index (χ2v) is 16.8. The van der Waals surface area contributed by atoms with Crippen LogP contribution in [-0.2, 0) is 45.6 Å². The highest BCUT2D eigenvalue weighted by atomic mass is 16.3. The van der Waals surface area contributed by atoms with Gasteiger partial charge in [-0.05, 0) is 56.6 Å². The van der Waals surface area contributed by atoms with E-state index in [4.69, 9.17) is 0 Å². The molecule has 9 atom stereocenters. The minimum absolute atomic E-state index is 0.0751. The first-order valence-electron chi connectivity index (χ1n) is 20.6. The van der Waals surface area contributed by atoms with Crippen LogP contribution in [0.15, 0.2) is 54.6 Å². The first-order chi connectivity index (χ1) is 28.2. The Morgan fingerprint density at radius 2 is 1.34 bits per heavy atom. The van der Waals surface area contributed by atoms with E-state index in [1.165, 1.54) is 21.6 Å². The number of rotatable bonds is 5. The van der Waals surface area contributed by atoms with E-state index in [9.17, 15) is 39.0 Å². The fraction of sp³-hybridized carbons (Fsp3) is 0.548. The van der Waals surface area contributed by atoms with E-state index in [2.05, 4.69) is 26.6 Å². The molecule has 7 amide bonds. The van der Waals surface area contributed by atoms with Gasteiger partial charge in [0.15, 0.2) is 0 Å². The first kappa shape index (κ1) is 41.6. The highest BCUT2D eigenvalue weighted by Gasteiger charge is 2.62. The highest BCUT2D eigenvalue weighted by molar-refractivity contribution is 5.99. The van der Waals surface area contributed by atoms with Crippen LogP contribution in [0.25, 0.3) is 0 Å². The molecule has 0 aromatic heterocycles. The molecule has 5 heterocycles. The van der Waals surface area contributed by atoms with Gasteiger partial charge in [-0.2, -0.15) is 0 Å². The quantitative estimate of drug-likeness (QED) is 0.204. The van der Waals surface area contributed by atoms with Gasteiger partial charge >= 0.3 is 0 Å². The van der Waals surface area contributed by atoms with Crippen molar-refractivity contribution in [3.63, 3.8) is 0 Å². The highest BCUT2D eigenvalue weighted by Crippen LogP contribution is 2.50. The SMILES string of the molecule is CC(C)C[C@@H]1NC(=O)[C@H]([C@@H](C)O)NC(=O)[C@@H]2CCCN2C(=O)CNC(=O)[C@H](Cc2ccccc2)NC(=O)[C@@H]2CCCN2C(=O)[C@@H]2C[C@@]3(O)c4ccccc4N[C@H]3N2C1=O. The Balaban J connectivity index is 1.28. The van der Waals surface area contributed by atoms with Gasteiger partial charge in [0.1, 0.15) is 48.0 Å². The Hall–Kier alpha value is -5.55. The number of nitrogens with one attached hydrogen (secondary N) is 5. The smallest absolute Gasteiger partial charge is 0.247 e. The second-order valence-electron chi connectivity index (χ2n) is 16.8. The topological polar surface area (TPSA) is 230 Å². The Morgan fingerprint density at radius 1 is 0.712 bits per heavy atom. The average Bonchev–Trinajstić information content (AvgIpc) is 4.01. The van der Waals surface area contributed by atoms with Crippen LogP contribution in [0.2, 0.25) is 0 Å². The summed E-state index contributed by atoms with van der Waals surface area (Å²) in [5, 5.41) is 37.3. The molecule has 2 aromatic rings. The number of carbonyl (C=O) groups excluding carboxylic acids is 7. The van der Waals surface area contributed by atoms with E-state index >= 15 is 4.79 Å². The fourth-order valence-electron chi connectivity index (χ4n) is 9.32. The number of fused-ring (bicyclic) bond motifs is 7. The van der Waals surface area contributed by atoms with Crippen molar-refractivity contribution in [1.29, 1.82) is 0 Å². The van der Waals surface area contributed by atoms with Crippen LogP contribution >= 0.6 is 0 Å². The van der Waals surface area contributed by atoms with Crippen molar-refractivity contribution < 1.29 is 43.8 Å². The summed E-state index contributed by atoms with van der Waals surface area (Å²) in [6, 6.07) is 8.77. The number of hydrogen-bond donors (Lipinski definition) is 7. The molecule has 5 aliphatic heterocycles. The maximum atomic E-state index is 15.0. The Bertz CT molecular complexity index is 1980. The third-order valence-corrected chi connectivity index (χ3v) is 12.2. The first-order valence-corrected chi connectivity index (χ1v) is 20.6. The van der Waals surface area contributed by atoms with Crippen LogP contribution in [-0.4, -0.2) is 134 Å². The molecule has 4 fully saturated rings. The van der Waals surface area contributed by atoms with Gasteiger partial charge in [-0.1, -0.05) is 62.4 Å². The minimum atomic E-state index is -1.72. The number of aliphatic hydroxyl groups is 2. The Kier molecular flexibility index (Phi) is 12.0. The molecule has 7 rings (SSSR count). The third kappa shape index (κ3) is 8.22. The van der Waals surface area contributed by atoms with Crippen molar-refractivity contribution in [3.8, 4) is 0 Å². The van der Waals surface area contributed by atoms with Gasteiger partial charge in [0, 0.05) is 37.2 Å². The van der Waals surface area contributed by atoms with Crippen LogP contribution in [0, 0.1) is 5.92 Å². The van der Waals surface area contributed by atoms with Gasteiger partial charge < -0.3 is 51.5 Å². The number of hydrogen-bond acceptors (Lipinski definition) is 10. The van der Waals surface area contributed by atoms with E-state index in [0.717, 1.165) is 5.56 Å². The molecule has 17 nitrogen and oxygen atoms in total. The maximum Gasteiger partial charge on any atom is 0.247 e. The molecule has 4 saturated heterocycles. The van der Waals surface area contributed by atoms with Gasteiger partial charge in [-0.3, -0.25) is 33.6 Å². The number of benzene rings is 2. The Labute approximate surface area is 342 Å².